The highest BCUT2D eigenvalue weighted by atomic mass is 32.2. The Labute approximate surface area is 185 Å². The minimum Gasteiger partial charge on any atom is -0.481 e. The largest absolute Gasteiger partial charge is 0.481 e. The third kappa shape index (κ3) is 3.89. The normalized spacial score (nSPS) is 34.8. The second-order valence-electron chi connectivity index (χ2n) is 9.78. The van der Waals surface area contributed by atoms with Crippen LogP contribution in [0.1, 0.15) is 47.5 Å². The highest BCUT2D eigenvalue weighted by molar-refractivity contribution is 7.99. The monoisotopic (exact) mass is 428 g/mol. The zero-order valence-electron chi connectivity index (χ0n) is 18.8. The van der Waals surface area contributed by atoms with Crippen LogP contribution in [0.2, 0.25) is 0 Å². The summed E-state index contributed by atoms with van der Waals surface area (Å²) in [5, 5.41) is 21.5. The molecule has 0 bridgehead atoms. The molecule has 2 aliphatic carbocycles. The summed E-state index contributed by atoms with van der Waals surface area (Å²) in [5.74, 6) is 0.366. The Hall–Kier alpha value is -1.52. The molecular weight excluding hydrogens is 392 g/mol. The van der Waals surface area contributed by atoms with E-state index < -0.39 is 17.5 Å². The van der Waals surface area contributed by atoms with E-state index in [1.54, 1.807) is 11.8 Å². The van der Waals surface area contributed by atoms with Gasteiger partial charge >= 0.3 is 5.97 Å². The first kappa shape index (κ1) is 23.1. The average molecular weight is 429 g/mol. The molecule has 0 saturated heterocycles. The predicted molar refractivity (Wildman–Crippen MR) is 124 cm³/mol. The van der Waals surface area contributed by atoms with Crippen LogP contribution in [0.15, 0.2) is 59.0 Å². The lowest BCUT2D eigenvalue weighted by Crippen LogP contribution is -2.35. The molecule has 0 aromatic heterocycles. The molecule has 2 fully saturated rings. The number of rotatable bonds is 8. The van der Waals surface area contributed by atoms with Gasteiger partial charge in [0.25, 0.3) is 0 Å². The van der Waals surface area contributed by atoms with Crippen LogP contribution in [0.4, 0.5) is 0 Å². The lowest BCUT2D eigenvalue weighted by Gasteiger charge is -2.31. The van der Waals surface area contributed by atoms with Crippen LogP contribution in [0, 0.1) is 34.5 Å². The Kier molecular flexibility index (Phi) is 6.88. The topological polar surface area (TPSA) is 57.5 Å². The van der Waals surface area contributed by atoms with Crippen molar-refractivity contribution in [2.24, 2.45) is 34.5 Å². The fourth-order valence-electron chi connectivity index (χ4n) is 6.08. The molecule has 2 N–H and O–H groups in total. The SMILES string of the molecule is C/C=C\C[C@@H]1[C@@H](CSc2ccccc2)[C@H]([C@]2(C(=O)O)[C@H](C=C(C)C)C2(C)C)C[C@@H]1O. The van der Waals surface area contributed by atoms with E-state index in [2.05, 4.69) is 38.1 Å². The van der Waals surface area contributed by atoms with E-state index in [4.69, 9.17) is 0 Å². The van der Waals surface area contributed by atoms with E-state index in [0.717, 1.165) is 17.7 Å². The van der Waals surface area contributed by atoms with Crippen LogP contribution < -0.4 is 0 Å². The molecule has 2 aliphatic rings. The molecule has 3 nitrogen and oxygen atoms in total. The average Bonchev–Trinajstić information content (AvgIpc) is 3.00. The van der Waals surface area contributed by atoms with Crippen molar-refractivity contribution in [3.63, 3.8) is 0 Å². The van der Waals surface area contributed by atoms with Crippen molar-refractivity contribution in [1.29, 1.82) is 0 Å². The summed E-state index contributed by atoms with van der Waals surface area (Å²) in [4.78, 5) is 14.0. The van der Waals surface area contributed by atoms with Gasteiger partial charge in [-0.1, -0.05) is 55.8 Å². The Bertz CT molecular complexity index is 809. The number of carboxylic acids is 1. The maximum atomic E-state index is 12.8. The van der Waals surface area contributed by atoms with Crippen LogP contribution in [-0.4, -0.2) is 28.0 Å². The highest BCUT2D eigenvalue weighted by Crippen LogP contribution is 2.76. The van der Waals surface area contributed by atoms with E-state index in [1.165, 1.54) is 4.90 Å². The summed E-state index contributed by atoms with van der Waals surface area (Å²) in [5.41, 5.74) is 0.0409. The number of thioether (sulfide) groups is 1. The fourth-order valence-corrected chi connectivity index (χ4v) is 7.29. The molecule has 6 atom stereocenters. The number of allylic oxidation sites excluding steroid dienone is 4. The lowest BCUT2D eigenvalue weighted by atomic mass is 9.74. The number of hydrogen-bond acceptors (Lipinski definition) is 3. The smallest absolute Gasteiger partial charge is 0.311 e. The zero-order valence-corrected chi connectivity index (χ0v) is 19.7. The van der Waals surface area contributed by atoms with Crippen LogP contribution in [-0.2, 0) is 4.79 Å². The van der Waals surface area contributed by atoms with E-state index in [-0.39, 0.29) is 29.1 Å². The van der Waals surface area contributed by atoms with Crippen molar-refractivity contribution < 1.29 is 15.0 Å². The first-order valence-electron chi connectivity index (χ1n) is 11.0. The molecule has 30 heavy (non-hydrogen) atoms. The molecule has 2 saturated carbocycles. The van der Waals surface area contributed by atoms with Gasteiger partial charge in [0.1, 0.15) is 0 Å². The molecular formula is C26H36O3S. The second kappa shape index (κ2) is 8.92. The Morgan fingerprint density at radius 2 is 1.87 bits per heavy atom. The summed E-state index contributed by atoms with van der Waals surface area (Å²) in [7, 11) is 0. The van der Waals surface area contributed by atoms with Crippen molar-refractivity contribution in [2.75, 3.05) is 5.75 Å². The van der Waals surface area contributed by atoms with Crippen molar-refractivity contribution in [3.05, 3.63) is 54.1 Å². The summed E-state index contributed by atoms with van der Waals surface area (Å²) in [6.45, 7) is 10.3. The lowest BCUT2D eigenvalue weighted by molar-refractivity contribution is -0.148. The zero-order chi connectivity index (χ0) is 22.1. The number of aliphatic hydroxyl groups is 1. The molecule has 164 valence electrons. The molecule has 0 aliphatic heterocycles. The summed E-state index contributed by atoms with van der Waals surface area (Å²) in [6, 6.07) is 10.3. The number of aliphatic carboxylic acids is 1. The molecule has 0 heterocycles. The Morgan fingerprint density at radius 3 is 2.43 bits per heavy atom. The fraction of sp³-hybridized carbons (Fsp3) is 0.577. The van der Waals surface area contributed by atoms with Gasteiger partial charge in [-0.15, -0.1) is 11.8 Å². The minimum absolute atomic E-state index is 0.00870. The van der Waals surface area contributed by atoms with Gasteiger partial charge in [-0.3, -0.25) is 4.79 Å². The van der Waals surface area contributed by atoms with E-state index in [9.17, 15) is 15.0 Å². The first-order valence-corrected chi connectivity index (χ1v) is 12.0. The Morgan fingerprint density at radius 1 is 1.20 bits per heavy atom. The third-order valence-corrected chi connectivity index (χ3v) is 8.73. The van der Waals surface area contributed by atoms with Crippen LogP contribution >= 0.6 is 11.8 Å². The highest BCUT2D eigenvalue weighted by Gasteiger charge is 2.79. The van der Waals surface area contributed by atoms with Crippen molar-refractivity contribution >= 4 is 17.7 Å². The van der Waals surface area contributed by atoms with Crippen LogP contribution in [0.5, 0.6) is 0 Å². The Balaban J connectivity index is 1.97. The van der Waals surface area contributed by atoms with Crippen LogP contribution in [0.3, 0.4) is 0 Å². The van der Waals surface area contributed by atoms with E-state index in [1.807, 2.05) is 45.0 Å². The number of carboxylic acid groups (broad SMARTS) is 1. The van der Waals surface area contributed by atoms with Gasteiger partial charge in [-0.05, 0) is 68.9 Å². The molecule has 4 heteroatoms. The van der Waals surface area contributed by atoms with Gasteiger partial charge in [-0.2, -0.15) is 0 Å². The quantitative estimate of drug-likeness (QED) is 0.391. The standard InChI is InChI=1S/C26H36O3S/c1-6-7-13-19-20(16-30-18-11-9-8-10-12-18)21(15-22(19)27)26(24(28)29)23(14-17(2)3)25(26,4)5/h6-12,14,19-23,27H,13,15-16H2,1-5H3,(H,28,29)/b7-6-/t19-,20-,21-,22+,23-,26-/m1/s1. The van der Waals surface area contributed by atoms with E-state index >= 15 is 0 Å². The number of aliphatic hydroxyl groups excluding tert-OH is 1. The van der Waals surface area contributed by atoms with Gasteiger partial charge in [-0.25, -0.2) is 0 Å². The maximum Gasteiger partial charge on any atom is 0.311 e. The summed E-state index contributed by atoms with van der Waals surface area (Å²) < 4.78 is 0. The van der Waals surface area contributed by atoms with Gasteiger partial charge in [0.2, 0.25) is 0 Å². The number of benzene rings is 1. The number of carbonyl (C=O) groups is 1. The van der Waals surface area contributed by atoms with Crippen LogP contribution in [0.25, 0.3) is 0 Å². The van der Waals surface area contributed by atoms with E-state index in [0.29, 0.717) is 6.42 Å². The first-order chi connectivity index (χ1) is 14.2. The minimum atomic E-state index is -0.808. The van der Waals surface area contributed by atoms with Gasteiger partial charge in [0.15, 0.2) is 0 Å². The summed E-state index contributed by atoms with van der Waals surface area (Å²) >= 11 is 1.79. The predicted octanol–water partition coefficient (Wildman–Crippen LogP) is 6.05. The van der Waals surface area contributed by atoms with Gasteiger partial charge < -0.3 is 10.2 Å². The molecule has 0 unspecified atom stereocenters. The maximum absolute atomic E-state index is 12.8. The van der Waals surface area contributed by atoms with Crippen molar-refractivity contribution in [3.8, 4) is 0 Å². The molecule has 0 amide bonds. The molecule has 1 aromatic carbocycles. The van der Waals surface area contributed by atoms with Crippen molar-refractivity contribution in [1.82, 2.24) is 0 Å². The van der Waals surface area contributed by atoms with Gasteiger partial charge in [0.05, 0.1) is 11.5 Å². The van der Waals surface area contributed by atoms with Crippen molar-refractivity contribution in [2.45, 2.75) is 58.5 Å². The third-order valence-electron chi connectivity index (χ3n) is 7.58. The number of hydrogen-bond donors (Lipinski definition) is 2. The molecule has 0 radical (unpaired) electrons. The van der Waals surface area contributed by atoms with Gasteiger partial charge in [0, 0.05) is 16.6 Å². The second-order valence-corrected chi connectivity index (χ2v) is 10.9. The molecule has 1 aromatic rings. The summed E-state index contributed by atoms with van der Waals surface area (Å²) in [6.07, 6.45) is 7.23. The molecule has 3 rings (SSSR count). The molecule has 0 spiro atoms.